The predicted molar refractivity (Wildman–Crippen MR) is 117 cm³/mol. The van der Waals surface area contributed by atoms with Crippen LogP contribution in [-0.4, -0.2) is 21.6 Å². The van der Waals surface area contributed by atoms with Gasteiger partial charge in [-0.2, -0.15) is 5.10 Å². The predicted octanol–water partition coefficient (Wildman–Crippen LogP) is 3.34. The van der Waals surface area contributed by atoms with E-state index in [1.165, 1.54) is 6.92 Å². The highest BCUT2D eigenvalue weighted by Gasteiger charge is 2.15. The Morgan fingerprint density at radius 3 is 2.27 bits per heavy atom. The van der Waals surface area contributed by atoms with Crippen molar-refractivity contribution in [2.24, 2.45) is 0 Å². The number of nitrogens with zero attached hydrogens (tertiary/aromatic N) is 2. The number of aryl methyl sites for hydroxylation is 1. The summed E-state index contributed by atoms with van der Waals surface area (Å²) in [4.78, 5) is 24.3. The summed E-state index contributed by atoms with van der Waals surface area (Å²) < 4.78 is 1.95. The molecule has 3 aromatic rings. The lowest BCUT2D eigenvalue weighted by Crippen LogP contribution is -2.33. The lowest BCUT2D eigenvalue weighted by molar-refractivity contribution is -0.122. The third kappa shape index (κ3) is 5.44. The molecule has 3 rings (SSSR count). The summed E-state index contributed by atoms with van der Waals surface area (Å²) in [5.74, 6) is -0.640. The van der Waals surface area contributed by atoms with Crippen LogP contribution < -0.4 is 10.6 Å². The summed E-state index contributed by atoms with van der Waals surface area (Å²) in [5.41, 5.74) is 5.06. The maximum absolute atomic E-state index is 12.8. The molecule has 6 heteroatoms. The standard InChI is InChI=1S/C24H26N4O2/c1-17-22(18(2)28(27-17)16-21-12-8-5-9-13-21)15-25-24(30)23(26-19(3)29)14-20-10-6-4-7-11-20/h4-14H,15-16H2,1-3H3,(H,25,30)(H,26,29)/b23-14-. The van der Waals surface area contributed by atoms with Gasteiger partial charge in [0.25, 0.3) is 5.91 Å². The van der Waals surface area contributed by atoms with Crippen LogP contribution in [0, 0.1) is 13.8 Å². The molecule has 0 aliphatic carbocycles. The minimum atomic E-state index is -0.344. The maximum Gasteiger partial charge on any atom is 0.268 e. The first-order valence-corrected chi connectivity index (χ1v) is 9.83. The second kappa shape index (κ2) is 9.69. The molecule has 0 spiro atoms. The molecule has 2 amide bonds. The molecule has 0 saturated heterocycles. The largest absolute Gasteiger partial charge is 0.347 e. The van der Waals surface area contributed by atoms with Gasteiger partial charge < -0.3 is 10.6 Å². The third-order valence-corrected chi connectivity index (χ3v) is 4.80. The molecule has 0 unspecified atom stereocenters. The molecule has 0 aliphatic heterocycles. The van der Waals surface area contributed by atoms with Crippen LogP contribution in [-0.2, 0) is 22.7 Å². The summed E-state index contributed by atoms with van der Waals surface area (Å²) >= 11 is 0. The first kappa shape index (κ1) is 21.0. The first-order valence-electron chi connectivity index (χ1n) is 9.83. The molecule has 0 saturated carbocycles. The lowest BCUT2D eigenvalue weighted by Gasteiger charge is -2.10. The molecule has 30 heavy (non-hydrogen) atoms. The van der Waals surface area contributed by atoms with Crippen molar-refractivity contribution in [2.75, 3.05) is 0 Å². The van der Waals surface area contributed by atoms with E-state index in [1.54, 1.807) is 6.08 Å². The molecule has 0 bridgehead atoms. The quantitative estimate of drug-likeness (QED) is 0.595. The fourth-order valence-corrected chi connectivity index (χ4v) is 3.23. The van der Waals surface area contributed by atoms with E-state index in [1.807, 2.05) is 67.1 Å². The number of amides is 2. The van der Waals surface area contributed by atoms with Gasteiger partial charge in [0.2, 0.25) is 5.91 Å². The molecular formula is C24H26N4O2. The van der Waals surface area contributed by atoms with Crippen molar-refractivity contribution >= 4 is 17.9 Å². The number of hydrogen-bond donors (Lipinski definition) is 2. The molecule has 2 N–H and O–H groups in total. The molecule has 0 atom stereocenters. The van der Waals surface area contributed by atoms with Crippen molar-refractivity contribution < 1.29 is 9.59 Å². The zero-order valence-electron chi connectivity index (χ0n) is 17.5. The van der Waals surface area contributed by atoms with E-state index in [2.05, 4.69) is 27.9 Å². The Bertz CT molecular complexity index is 1050. The van der Waals surface area contributed by atoms with Crippen LogP contribution in [0.15, 0.2) is 66.4 Å². The minimum Gasteiger partial charge on any atom is -0.347 e. The number of nitrogens with one attached hydrogen (secondary N) is 2. The average Bonchev–Trinajstić information content (AvgIpc) is 2.99. The van der Waals surface area contributed by atoms with Crippen molar-refractivity contribution in [1.29, 1.82) is 0 Å². The molecule has 0 radical (unpaired) electrons. The molecule has 0 aliphatic rings. The lowest BCUT2D eigenvalue weighted by atomic mass is 10.1. The van der Waals surface area contributed by atoms with Gasteiger partial charge in [0.05, 0.1) is 12.2 Å². The van der Waals surface area contributed by atoms with E-state index >= 15 is 0 Å². The van der Waals surface area contributed by atoms with Gasteiger partial charge in [0.1, 0.15) is 5.70 Å². The summed E-state index contributed by atoms with van der Waals surface area (Å²) in [6.45, 7) is 6.32. The molecule has 1 heterocycles. The maximum atomic E-state index is 12.8. The molecule has 154 valence electrons. The highest BCUT2D eigenvalue weighted by Crippen LogP contribution is 2.15. The molecule has 1 aromatic heterocycles. The van der Waals surface area contributed by atoms with Crippen LogP contribution >= 0.6 is 0 Å². The fraction of sp³-hybridized carbons (Fsp3) is 0.208. The number of carbonyl (C=O) groups is 2. The van der Waals surface area contributed by atoms with Crippen molar-refractivity contribution in [3.63, 3.8) is 0 Å². The third-order valence-electron chi connectivity index (χ3n) is 4.80. The van der Waals surface area contributed by atoms with Gasteiger partial charge in [-0.05, 0) is 31.1 Å². The fourth-order valence-electron chi connectivity index (χ4n) is 3.23. The number of carbonyl (C=O) groups excluding carboxylic acids is 2. The number of rotatable bonds is 7. The van der Waals surface area contributed by atoms with Gasteiger partial charge in [0, 0.05) is 24.7 Å². The average molecular weight is 402 g/mol. The summed E-state index contributed by atoms with van der Waals surface area (Å²) in [6, 6.07) is 19.5. The van der Waals surface area contributed by atoms with Crippen molar-refractivity contribution in [2.45, 2.75) is 33.9 Å². The first-order chi connectivity index (χ1) is 14.4. The van der Waals surface area contributed by atoms with Crippen LogP contribution in [0.4, 0.5) is 0 Å². The zero-order valence-corrected chi connectivity index (χ0v) is 17.5. The summed E-state index contributed by atoms with van der Waals surface area (Å²) in [5, 5.41) is 10.2. The SMILES string of the molecule is CC(=O)N/C(=C\c1ccccc1)C(=O)NCc1c(C)nn(Cc2ccccc2)c1C. The van der Waals surface area contributed by atoms with Gasteiger partial charge in [-0.15, -0.1) is 0 Å². The van der Waals surface area contributed by atoms with Crippen molar-refractivity contribution in [3.05, 3.63) is 94.4 Å². The molecule has 0 fully saturated rings. The Morgan fingerprint density at radius 2 is 1.63 bits per heavy atom. The number of benzene rings is 2. The van der Waals surface area contributed by atoms with Crippen LogP contribution in [0.2, 0.25) is 0 Å². The van der Waals surface area contributed by atoms with Gasteiger partial charge in [-0.3, -0.25) is 14.3 Å². The molecule has 2 aromatic carbocycles. The zero-order chi connectivity index (χ0) is 21.5. The van der Waals surface area contributed by atoms with Crippen molar-refractivity contribution in [1.82, 2.24) is 20.4 Å². The Hall–Kier alpha value is -3.67. The van der Waals surface area contributed by atoms with Gasteiger partial charge in [-0.25, -0.2) is 0 Å². The highest BCUT2D eigenvalue weighted by atomic mass is 16.2. The smallest absolute Gasteiger partial charge is 0.268 e. The monoisotopic (exact) mass is 402 g/mol. The summed E-state index contributed by atoms with van der Waals surface area (Å²) in [6.07, 6.45) is 1.66. The van der Waals surface area contributed by atoms with Crippen LogP contribution in [0.1, 0.15) is 35.0 Å². The molecular weight excluding hydrogens is 376 g/mol. The van der Waals surface area contributed by atoms with Crippen molar-refractivity contribution in [3.8, 4) is 0 Å². The van der Waals surface area contributed by atoms with Crippen LogP contribution in [0.25, 0.3) is 6.08 Å². The normalized spacial score (nSPS) is 11.2. The molecule has 6 nitrogen and oxygen atoms in total. The minimum absolute atomic E-state index is 0.209. The topological polar surface area (TPSA) is 76.0 Å². The van der Waals surface area contributed by atoms with E-state index in [0.29, 0.717) is 13.1 Å². The number of hydrogen-bond acceptors (Lipinski definition) is 3. The van der Waals surface area contributed by atoms with E-state index in [4.69, 9.17) is 0 Å². The second-order valence-corrected chi connectivity index (χ2v) is 7.13. The Morgan fingerprint density at radius 1 is 1.00 bits per heavy atom. The van der Waals surface area contributed by atoms with Gasteiger partial charge in [0.15, 0.2) is 0 Å². The van der Waals surface area contributed by atoms with Gasteiger partial charge in [-0.1, -0.05) is 60.7 Å². The van der Waals surface area contributed by atoms with Crippen LogP contribution in [0.5, 0.6) is 0 Å². The van der Waals surface area contributed by atoms with E-state index < -0.39 is 0 Å². The number of aromatic nitrogens is 2. The Balaban J connectivity index is 1.74. The van der Waals surface area contributed by atoms with E-state index in [9.17, 15) is 9.59 Å². The Labute approximate surface area is 176 Å². The van der Waals surface area contributed by atoms with E-state index in [0.717, 1.165) is 28.1 Å². The Kier molecular flexibility index (Phi) is 6.80. The van der Waals surface area contributed by atoms with Gasteiger partial charge >= 0.3 is 0 Å². The highest BCUT2D eigenvalue weighted by molar-refractivity contribution is 6.00. The second-order valence-electron chi connectivity index (χ2n) is 7.13. The summed E-state index contributed by atoms with van der Waals surface area (Å²) in [7, 11) is 0. The van der Waals surface area contributed by atoms with Crippen LogP contribution in [0.3, 0.4) is 0 Å². The van der Waals surface area contributed by atoms with E-state index in [-0.39, 0.29) is 17.5 Å².